The first kappa shape index (κ1) is 8.04. The third-order valence-corrected chi connectivity index (χ3v) is 1.41. The summed E-state index contributed by atoms with van der Waals surface area (Å²) in [7, 11) is 0. The van der Waals surface area contributed by atoms with Crippen LogP contribution in [0.15, 0.2) is 24.3 Å². The summed E-state index contributed by atoms with van der Waals surface area (Å²) in [5.74, 6) is 7.18. The smallest absolute Gasteiger partial charge is 0.324 e. The van der Waals surface area contributed by atoms with E-state index in [4.69, 9.17) is 17.5 Å². The van der Waals surface area contributed by atoms with Gasteiger partial charge in [-0.05, 0) is 24.3 Å². The average Bonchev–Trinajstić information content (AvgIpc) is 2.05. The van der Waals surface area contributed by atoms with E-state index in [-0.39, 0.29) is 5.56 Å². The van der Waals surface area contributed by atoms with Crippen molar-refractivity contribution in [2.45, 2.75) is 0 Å². The molecular formula is C7H4ClNO2. The second-order valence-corrected chi connectivity index (χ2v) is 2.32. The third kappa shape index (κ3) is 1.93. The van der Waals surface area contributed by atoms with E-state index in [9.17, 15) is 4.79 Å². The van der Waals surface area contributed by atoms with E-state index in [0.717, 1.165) is 0 Å². The Morgan fingerprint density at radius 3 is 2.36 bits per heavy atom. The largest absolute Gasteiger partial charge is 0.360 e. The van der Waals surface area contributed by atoms with Crippen LogP contribution in [0.4, 0.5) is 0 Å². The van der Waals surface area contributed by atoms with Crippen LogP contribution in [0.2, 0.25) is 5.02 Å². The molecule has 1 aromatic carbocycles. The molecule has 0 aliphatic rings. The van der Waals surface area contributed by atoms with Gasteiger partial charge in [-0.2, -0.15) is 0 Å². The van der Waals surface area contributed by atoms with Crippen molar-refractivity contribution in [2.75, 3.05) is 0 Å². The van der Waals surface area contributed by atoms with Crippen molar-refractivity contribution < 1.29 is 9.63 Å². The molecule has 0 saturated carbocycles. The lowest BCUT2D eigenvalue weighted by molar-refractivity contribution is 0.0464. The summed E-state index contributed by atoms with van der Waals surface area (Å²) in [4.78, 5) is 14.1. The monoisotopic (exact) mass is 169 g/mol. The van der Waals surface area contributed by atoms with E-state index in [0.29, 0.717) is 5.02 Å². The number of carbonyl (C=O) groups is 1. The van der Waals surface area contributed by atoms with Crippen LogP contribution < -0.4 is 5.90 Å². The molecule has 0 aliphatic carbocycles. The van der Waals surface area contributed by atoms with Crippen LogP contribution in [-0.2, 0) is 4.84 Å². The molecule has 56 valence electrons. The van der Waals surface area contributed by atoms with Crippen LogP contribution in [0.5, 0.6) is 0 Å². The molecule has 0 amide bonds. The van der Waals surface area contributed by atoms with Gasteiger partial charge < -0.3 is 4.84 Å². The number of halogens is 1. The van der Waals surface area contributed by atoms with Crippen molar-refractivity contribution in [1.29, 1.82) is 0 Å². The zero-order valence-electron chi connectivity index (χ0n) is 5.45. The highest BCUT2D eigenvalue weighted by molar-refractivity contribution is 6.30. The summed E-state index contributed by atoms with van der Waals surface area (Å²) >= 11 is 5.54. The molecule has 4 heteroatoms. The molecule has 0 unspecified atom stereocenters. The summed E-state index contributed by atoms with van der Waals surface area (Å²) < 4.78 is 0. The first-order valence-electron chi connectivity index (χ1n) is 2.85. The summed E-state index contributed by atoms with van der Waals surface area (Å²) in [6.07, 6.45) is 0. The maximum absolute atomic E-state index is 10.6. The van der Waals surface area contributed by atoms with Gasteiger partial charge >= 0.3 is 5.97 Å². The Hall–Kier alpha value is -1.06. The van der Waals surface area contributed by atoms with Gasteiger partial charge in [0.1, 0.15) is 5.90 Å². The second kappa shape index (κ2) is 3.37. The first-order valence-corrected chi connectivity index (χ1v) is 3.23. The molecule has 1 aromatic rings. The molecule has 0 N–H and O–H groups in total. The average molecular weight is 170 g/mol. The molecule has 0 aromatic heterocycles. The van der Waals surface area contributed by atoms with E-state index in [1.165, 1.54) is 24.3 Å². The van der Waals surface area contributed by atoms with E-state index >= 15 is 0 Å². The number of hydrogen-bond donors (Lipinski definition) is 0. The minimum Gasteiger partial charge on any atom is -0.324 e. The molecule has 0 heterocycles. The van der Waals surface area contributed by atoms with Crippen LogP contribution in [0.1, 0.15) is 10.4 Å². The van der Waals surface area contributed by atoms with Gasteiger partial charge in [0, 0.05) is 5.02 Å². The van der Waals surface area contributed by atoms with E-state index in [1.807, 2.05) is 0 Å². The zero-order chi connectivity index (χ0) is 8.27. The number of nitrogens with zero attached hydrogens (tertiary/aromatic N) is 1. The van der Waals surface area contributed by atoms with Crippen LogP contribution in [-0.4, -0.2) is 5.97 Å². The number of benzene rings is 1. The summed E-state index contributed by atoms with van der Waals surface area (Å²) in [6.45, 7) is 0. The normalized spacial score (nSPS) is 9.27. The molecule has 1 rings (SSSR count). The molecule has 2 radical (unpaired) electrons. The number of rotatable bonds is 1. The molecule has 0 spiro atoms. The van der Waals surface area contributed by atoms with E-state index in [2.05, 4.69) is 4.84 Å². The van der Waals surface area contributed by atoms with Gasteiger partial charge in [-0.3, -0.25) is 0 Å². The minimum atomic E-state index is -0.790. The number of carbonyl (C=O) groups excluding carboxylic acids is 1. The molecule has 0 fully saturated rings. The molecular weight excluding hydrogens is 166 g/mol. The van der Waals surface area contributed by atoms with Crippen LogP contribution >= 0.6 is 11.6 Å². The lowest BCUT2D eigenvalue weighted by Gasteiger charge is -1.94. The van der Waals surface area contributed by atoms with Crippen molar-refractivity contribution in [3.63, 3.8) is 0 Å². The van der Waals surface area contributed by atoms with Gasteiger partial charge in [-0.15, -0.1) is 0 Å². The van der Waals surface area contributed by atoms with Gasteiger partial charge in [0.05, 0.1) is 5.56 Å². The van der Waals surface area contributed by atoms with Crippen molar-refractivity contribution in [2.24, 2.45) is 0 Å². The SMILES string of the molecule is [N]OC(=O)c1ccc(Cl)cc1. The fourth-order valence-electron chi connectivity index (χ4n) is 0.639. The minimum absolute atomic E-state index is 0.261. The summed E-state index contributed by atoms with van der Waals surface area (Å²) in [5.41, 5.74) is 0.261. The Labute approximate surface area is 68.7 Å². The first-order chi connectivity index (χ1) is 5.24. The molecule has 11 heavy (non-hydrogen) atoms. The van der Waals surface area contributed by atoms with Crippen molar-refractivity contribution in [3.05, 3.63) is 34.9 Å². The lowest BCUT2D eigenvalue weighted by Crippen LogP contribution is -2.01. The van der Waals surface area contributed by atoms with Crippen molar-refractivity contribution >= 4 is 17.6 Å². The van der Waals surface area contributed by atoms with Gasteiger partial charge in [-0.1, -0.05) is 11.6 Å². The molecule has 0 atom stereocenters. The van der Waals surface area contributed by atoms with Gasteiger partial charge in [-0.25, -0.2) is 4.79 Å². The van der Waals surface area contributed by atoms with Crippen molar-refractivity contribution in [1.82, 2.24) is 5.90 Å². The fourth-order valence-corrected chi connectivity index (χ4v) is 0.765. The Morgan fingerprint density at radius 2 is 1.91 bits per heavy atom. The Balaban J connectivity index is 2.90. The van der Waals surface area contributed by atoms with E-state index in [1.54, 1.807) is 0 Å². The molecule has 0 saturated heterocycles. The predicted octanol–water partition coefficient (Wildman–Crippen LogP) is 1.48. The van der Waals surface area contributed by atoms with Crippen LogP contribution in [0.3, 0.4) is 0 Å². The summed E-state index contributed by atoms with van der Waals surface area (Å²) in [6, 6.07) is 5.99. The Bertz CT molecular complexity index is 258. The molecule has 0 aliphatic heterocycles. The predicted molar refractivity (Wildman–Crippen MR) is 39.0 cm³/mol. The second-order valence-electron chi connectivity index (χ2n) is 1.89. The summed E-state index contributed by atoms with van der Waals surface area (Å²) in [5, 5.41) is 0.527. The highest BCUT2D eigenvalue weighted by Gasteiger charge is 2.04. The number of hydrogen-bond acceptors (Lipinski definition) is 2. The van der Waals surface area contributed by atoms with Gasteiger partial charge in [0.2, 0.25) is 0 Å². The van der Waals surface area contributed by atoms with Gasteiger partial charge in [0.15, 0.2) is 0 Å². The topological polar surface area (TPSA) is 48.6 Å². The Kier molecular flexibility index (Phi) is 2.46. The van der Waals surface area contributed by atoms with Crippen LogP contribution in [0.25, 0.3) is 0 Å². The lowest BCUT2D eigenvalue weighted by atomic mass is 10.2. The van der Waals surface area contributed by atoms with E-state index < -0.39 is 5.97 Å². The van der Waals surface area contributed by atoms with Gasteiger partial charge in [0.25, 0.3) is 0 Å². The fraction of sp³-hybridized carbons (Fsp3) is 0. The quantitative estimate of drug-likeness (QED) is 0.598. The Morgan fingerprint density at radius 1 is 1.36 bits per heavy atom. The third-order valence-electron chi connectivity index (χ3n) is 1.16. The molecule has 0 bridgehead atoms. The molecule has 3 nitrogen and oxygen atoms in total. The highest BCUT2D eigenvalue weighted by Crippen LogP contribution is 2.09. The van der Waals surface area contributed by atoms with Crippen molar-refractivity contribution in [3.8, 4) is 0 Å². The maximum atomic E-state index is 10.6. The zero-order valence-corrected chi connectivity index (χ0v) is 6.21. The highest BCUT2D eigenvalue weighted by atomic mass is 35.5. The van der Waals surface area contributed by atoms with Crippen LogP contribution in [0, 0.1) is 0 Å². The maximum Gasteiger partial charge on any atom is 0.360 e. The standard InChI is InChI=1S/C7H4ClNO2/c8-6-3-1-5(2-4-6)7(10)11-9/h1-4H.